The smallest absolute Gasteiger partial charge is 0.315 e. The van der Waals surface area contributed by atoms with E-state index in [0.29, 0.717) is 19.1 Å². The van der Waals surface area contributed by atoms with Crippen LogP contribution in [0.1, 0.15) is 19.8 Å². The van der Waals surface area contributed by atoms with Gasteiger partial charge < -0.3 is 15.0 Å². The van der Waals surface area contributed by atoms with Gasteiger partial charge in [-0.3, -0.25) is 9.59 Å². The summed E-state index contributed by atoms with van der Waals surface area (Å²) in [5.74, 6) is -0.187. The molecule has 5 nitrogen and oxygen atoms in total. The molecule has 0 aromatic heterocycles. The van der Waals surface area contributed by atoms with Gasteiger partial charge in [0, 0.05) is 13.1 Å². The molecule has 0 spiro atoms. The molecule has 1 rings (SSSR count). The quantitative estimate of drug-likeness (QED) is 0.532. The number of nitrogens with one attached hydrogen (secondary N) is 1. The second kappa shape index (κ2) is 6.48. The summed E-state index contributed by atoms with van der Waals surface area (Å²) in [4.78, 5) is 24.6. The Labute approximate surface area is 96.1 Å². The summed E-state index contributed by atoms with van der Waals surface area (Å²) in [5.41, 5.74) is 0. The van der Waals surface area contributed by atoms with E-state index >= 15 is 0 Å². The molecule has 1 aliphatic heterocycles. The molecular weight excluding hydrogens is 208 g/mol. The lowest BCUT2D eigenvalue weighted by atomic mass is 10.1. The van der Waals surface area contributed by atoms with E-state index in [9.17, 15) is 9.59 Å². The first-order valence-corrected chi connectivity index (χ1v) is 5.72. The zero-order chi connectivity index (χ0) is 12.0. The van der Waals surface area contributed by atoms with Gasteiger partial charge in [-0.15, -0.1) is 0 Å². The molecule has 1 fully saturated rings. The maximum Gasteiger partial charge on any atom is 0.315 e. The van der Waals surface area contributed by atoms with Crippen LogP contribution in [-0.2, 0) is 14.3 Å². The molecule has 1 atom stereocenters. The Morgan fingerprint density at radius 2 is 2.25 bits per heavy atom. The first-order valence-electron chi connectivity index (χ1n) is 5.72. The number of hydrogen-bond acceptors (Lipinski definition) is 4. The number of carbonyl (C=O) groups excluding carboxylic acids is 2. The second-order valence-electron chi connectivity index (χ2n) is 4.20. The highest BCUT2D eigenvalue weighted by atomic mass is 16.5. The number of likely N-dealkylation sites (tertiary alicyclic amines) is 1. The Morgan fingerprint density at radius 1 is 1.50 bits per heavy atom. The Morgan fingerprint density at radius 3 is 2.81 bits per heavy atom. The number of esters is 1. The molecule has 0 aromatic rings. The van der Waals surface area contributed by atoms with Gasteiger partial charge in [-0.25, -0.2) is 0 Å². The van der Waals surface area contributed by atoms with Crippen molar-refractivity contribution in [1.82, 2.24) is 10.2 Å². The average Bonchev–Trinajstić information content (AvgIpc) is 2.61. The van der Waals surface area contributed by atoms with E-state index in [-0.39, 0.29) is 12.3 Å². The lowest BCUT2D eigenvalue weighted by Gasteiger charge is -2.11. The fourth-order valence-corrected chi connectivity index (χ4v) is 1.86. The number of carbonyl (C=O) groups is 2. The summed E-state index contributed by atoms with van der Waals surface area (Å²) in [6, 6.07) is 0. The minimum absolute atomic E-state index is 0.170. The van der Waals surface area contributed by atoms with E-state index in [1.54, 1.807) is 6.92 Å². The zero-order valence-corrected chi connectivity index (χ0v) is 9.99. The van der Waals surface area contributed by atoms with Crippen LogP contribution in [-0.4, -0.2) is 50.1 Å². The van der Waals surface area contributed by atoms with Gasteiger partial charge in [-0.1, -0.05) is 0 Å². The predicted molar refractivity (Wildman–Crippen MR) is 59.9 cm³/mol. The van der Waals surface area contributed by atoms with Crippen molar-refractivity contribution in [3.8, 4) is 0 Å². The van der Waals surface area contributed by atoms with Crippen LogP contribution in [0.25, 0.3) is 0 Å². The summed E-state index contributed by atoms with van der Waals surface area (Å²) in [6.45, 7) is 4.80. The van der Waals surface area contributed by atoms with Crippen molar-refractivity contribution < 1.29 is 14.3 Å². The largest absolute Gasteiger partial charge is 0.466 e. The number of nitrogens with zero attached hydrogens (tertiary/aromatic N) is 1. The molecule has 1 unspecified atom stereocenters. The molecule has 0 radical (unpaired) electrons. The third-order valence-corrected chi connectivity index (χ3v) is 2.69. The maximum absolute atomic E-state index is 11.3. The van der Waals surface area contributed by atoms with E-state index in [1.807, 2.05) is 0 Å². The molecule has 0 aromatic carbocycles. The van der Waals surface area contributed by atoms with Gasteiger partial charge in [0.2, 0.25) is 5.91 Å². The normalized spacial score (nSPS) is 20.8. The van der Waals surface area contributed by atoms with Crippen molar-refractivity contribution >= 4 is 11.9 Å². The molecule has 0 saturated carbocycles. The third kappa shape index (κ3) is 4.61. The van der Waals surface area contributed by atoms with Gasteiger partial charge in [-0.05, 0) is 32.9 Å². The van der Waals surface area contributed by atoms with E-state index in [0.717, 1.165) is 19.5 Å². The Hall–Kier alpha value is -1.10. The summed E-state index contributed by atoms with van der Waals surface area (Å²) < 4.78 is 4.69. The topological polar surface area (TPSA) is 58.6 Å². The standard InChI is InChI=1S/C11H20N2O3/c1-3-16-11(15)6-10(14)12-7-9-4-5-13(2)8-9/h9H,3-8H2,1-2H3,(H,12,14). The van der Waals surface area contributed by atoms with Crippen molar-refractivity contribution in [2.75, 3.05) is 33.3 Å². The first-order chi connectivity index (χ1) is 7.61. The molecule has 5 heteroatoms. The van der Waals surface area contributed by atoms with Crippen LogP contribution in [0.3, 0.4) is 0 Å². The van der Waals surface area contributed by atoms with Crippen LogP contribution in [0, 0.1) is 5.92 Å². The fourth-order valence-electron chi connectivity index (χ4n) is 1.86. The molecule has 1 N–H and O–H groups in total. The highest BCUT2D eigenvalue weighted by Gasteiger charge is 2.20. The molecule has 1 heterocycles. The molecule has 1 amide bonds. The molecule has 92 valence electrons. The Balaban J connectivity index is 2.12. The van der Waals surface area contributed by atoms with Crippen molar-refractivity contribution in [2.24, 2.45) is 5.92 Å². The number of amides is 1. The van der Waals surface area contributed by atoms with Crippen molar-refractivity contribution in [3.63, 3.8) is 0 Å². The number of hydrogen-bond donors (Lipinski definition) is 1. The minimum Gasteiger partial charge on any atom is -0.466 e. The monoisotopic (exact) mass is 228 g/mol. The lowest BCUT2D eigenvalue weighted by molar-refractivity contribution is -0.145. The van der Waals surface area contributed by atoms with Crippen LogP contribution in [0.4, 0.5) is 0 Å². The van der Waals surface area contributed by atoms with Gasteiger partial charge in [0.05, 0.1) is 6.61 Å². The Bertz CT molecular complexity index is 256. The summed E-state index contributed by atoms with van der Waals surface area (Å²) in [5, 5.41) is 2.77. The van der Waals surface area contributed by atoms with E-state index in [2.05, 4.69) is 17.3 Å². The van der Waals surface area contributed by atoms with Gasteiger partial charge >= 0.3 is 5.97 Å². The van der Waals surface area contributed by atoms with E-state index < -0.39 is 5.97 Å². The van der Waals surface area contributed by atoms with E-state index in [4.69, 9.17) is 4.74 Å². The van der Waals surface area contributed by atoms with Crippen LogP contribution < -0.4 is 5.32 Å². The predicted octanol–water partition coefficient (Wildman–Crippen LogP) is 0.00750. The minimum atomic E-state index is -0.455. The molecule has 1 aliphatic rings. The van der Waals surface area contributed by atoms with Gasteiger partial charge in [0.15, 0.2) is 0 Å². The van der Waals surface area contributed by atoms with E-state index in [1.165, 1.54) is 0 Å². The molecular formula is C11H20N2O3. The first kappa shape index (κ1) is 13.0. The summed E-state index contributed by atoms with van der Waals surface area (Å²) in [6.07, 6.45) is 0.937. The zero-order valence-electron chi connectivity index (χ0n) is 9.99. The third-order valence-electron chi connectivity index (χ3n) is 2.69. The van der Waals surface area contributed by atoms with Crippen LogP contribution in [0.2, 0.25) is 0 Å². The highest BCUT2D eigenvalue weighted by Crippen LogP contribution is 2.12. The fraction of sp³-hybridized carbons (Fsp3) is 0.818. The highest BCUT2D eigenvalue weighted by molar-refractivity contribution is 5.94. The van der Waals surface area contributed by atoms with Gasteiger partial charge in [-0.2, -0.15) is 0 Å². The summed E-state index contributed by atoms with van der Waals surface area (Å²) >= 11 is 0. The van der Waals surface area contributed by atoms with Crippen LogP contribution >= 0.6 is 0 Å². The lowest BCUT2D eigenvalue weighted by Crippen LogP contribution is -2.32. The van der Waals surface area contributed by atoms with Crippen LogP contribution in [0.15, 0.2) is 0 Å². The molecule has 0 bridgehead atoms. The second-order valence-corrected chi connectivity index (χ2v) is 4.20. The molecule has 16 heavy (non-hydrogen) atoms. The SMILES string of the molecule is CCOC(=O)CC(=O)NCC1CCN(C)C1. The van der Waals surface area contributed by atoms with Crippen molar-refractivity contribution in [3.05, 3.63) is 0 Å². The van der Waals surface area contributed by atoms with Gasteiger partial charge in [0.25, 0.3) is 0 Å². The summed E-state index contributed by atoms with van der Waals surface area (Å²) in [7, 11) is 2.07. The Kier molecular flexibility index (Phi) is 5.25. The number of ether oxygens (including phenoxy) is 1. The average molecular weight is 228 g/mol. The maximum atomic E-state index is 11.3. The molecule has 1 saturated heterocycles. The molecule has 0 aliphatic carbocycles. The van der Waals surface area contributed by atoms with Gasteiger partial charge in [0.1, 0.15) is 6.42 Å². The van der Waals surface area contributed by atoms with Crippen LogP contribution in [0.5, 0.6) is 0 Å². The van der Waals surface area contributed by atoms with Crippen molar-refractivity contribution in [1.29, 1.82) is 0 Å². The number of rotatable bonds is 5. The van der Waals surface area contributed by atoms with Crippen molar-refractivity contribution in [2.45, 2.75) is 19.8 Å².